The quantitative estimate of drug-likeness (QED) is 0.764. The summed E-state index contributed by atoms with van der Waals surface area (Å²) in [6.45, 7) is 2.19. The van der Waals surface area contributed by atoms with Gasteiger partial charge in [-0.15, -0.1) is 0 Å². The lowest BCUT2D eigenvalue weighted by Crippen LogP contribution is -1.98. The average Bonchev–Trinajstić information content (AvgIpc) is 2.51. The first-order chi connectivity index (χ1) is 10.2. The molecule has 0 bridgehead atoms. The van der Waals surface area contributed by atoms with Gasteiger partial charge in [-0.05, 0) is 35.6 Å². The molecule has 1 N–H and O–H groups in total. The van der Waals surface area contributed by atoms with Crippen LogP contribution in [-0.4, -0.2) is 11.1 Å². The second kappa shape index (κ2) is 7.44. The standard InChI is InChI=1S/C19H20O2/c1-2-3-7-15-8-6-9-16(14-15)12-13-17-10-4-5-11-18(17)19(20)21/h4-6,8-14H,2-3,7H2,1H3,(H,20,21)/b13-12+. The van der Waals surface area contributed by atoms with Gasteiger partial charge in [0.05, 0.1) is 5.56 Å². The summed E-state index contributed by atoms with van der Waals surface area (Å²) in [5.74, 6) is -0.896. The van der Waals surface area contributed by atoms with Crippen molar-refractivity contribution in [3.8, 4) is 0 Å². The molecule has 0 radical (unpaired) electrons. The summed E-state index contributed by atoms with van der Waals surface area (Å²) in [7, 11) is 0. The molecule has 0 atom stereocenters. The van der Waals surface area contributed by atoms with Crippen LogP contribution in [0.25, 0.3) is 12.2 Å². The van der Waals surface area contributed by atoms with Crippen LogP contribution in [0.3, 0.4) is 0 Å². The third-order valence-electron chi connectivity index (χ3n) is 3.42. The lowest BCUT2D eigenvalue weighted by atomic mass is 10.0. The van der Waals surface area contributed by atoms with E-state index in [0.29, 0.717) is 5.56 Å². The molecule has 2 rings (SSSR count). The zero-order valence-electron chi connectivity index (χ0n) is 12.3. The van der Waals surface area contributed by atoms with E-state index < -0.39 is 5.97 Å². The molecule has 2 nitrogen and oxygen atoms in total. The van der Waals surface area contributed by atoms with E-state index in [2.05, 4.69) is 19.1 Å². The number of benzene rings is 2. The summed E-state index contributed by atoms with van der Waals surface area (Å²) in [6, 6.07) is 15.4. The molecule has 0 saturated heterocycles. The maximum Gasteiger partial charge on any atom is 0.336 e. The fraction of sp³-hybridized carbons (Fsp3) is 0.211. The van der Waals surface area contributed by atoms with Crippen LogP contribution in [0.4, 0.5) is 0 Å². The number of hydrogen-bond donors (Lipinski definition) is 1. The number of carboxylic acids is 1. The lowest BCUT2D eigenvalue weighted by molar-refractivity contribution is 0.0696. The molecular formula is C19H20O2. The summed E-state index contributed by atoms with van der Waals surface area (Å²) in [4.78, 5) is 11.2. The smallest absolute Gasteiger partial charge is 0.336 e. The minimum absolute atomic E-state index is 0.330. The minimum atomic E-state index is -0.896. The molecular weight excluding hydrogens is 260 g/mol. The highest BCUT2D eigenvalue weighted by Crippen LogP contribution is 2.15. The molecule has 2 heteroatoms. The van der Waals surface area contributed by atoms with E-state index in [-0.39, 0.29) is 0 Å². The molecule has 21 heavy (non-hydrogen) atoms. The van der Waals surface area contributed by atoms with Crippen LogP contribution >= 0.6 is 0 Å². The lowest BCUT2D eigenvalue weighted by Gasteiger charge is -2.02. The Morgan fingerprint density at radius 1 is 1.10 bits per heavy atom. The number of aryl methyl sites for hydroxylation is 1. The van der Waals surface area contributed by atoms with Crippen LogP contribution in [-0.2, 0) is 6.42 Å². The van der Waals surface area contributed by atoms with Crippen LogP contribution < -0.4 is 0 Å². The predicted octanol–water partition coefficient (Wildman–Crippen LogP) is 4.90. The first-order valence-electron chi connectivity index (χ1n) is 7.30. The second-order valence-electron chi connectivity index (χ2n) is 5.07. The van der Waals surface area contributed by atoms with Gasteiger partial charge in [-0.2, -0.15) is 0 Å². The van der Waals surface area contributed by atoms with Gasteiger partial charge in [-0.1, -0.05) is 68.0 Å². The Morgan fingerprint density at radius 2 is 1.90 bits per heavy atom. The minimum Gasteiger partial charge on any atom is -0.478 e. The number of carbonyl (C=O) groups is 1. The number of carboxylic acid groups (broad SMARTS) is 1. The maximum atomic E-state index is 11.2. The van der Waals surface area contributed by atoms with Crippen molar-refractivity contribution in [3.05, 3.63) is 70.8 Å². The number of unbranched alkanes of at least 4 members (excludes halogenated alkanes) is 1. The molecule has 0 amide bonds. The Labute approximate surface area is 125 Å². The molecule has 0 aliphatic rings. The molecule has 2 aromatic rings. The summed E-state index contributed by atoms with van der Waals surface area (Å²) < 4.78 is 0. The van der Waals surface area contributed by atoms with Crippen molar-refractivity contribution in [3.63, 3.8) is 0 Å². The van der Waals surface area contributed by atoms with Crippen molar-refractivity contribution >= 4 is 18.1 Å². The molecule has 0 spiro atoms. The van der Waals surface area contributed by atoms with E-state index in [1.54, 1.807) is 12.1 Å². The fourth-order valence-electron chi connectivity index (χ4n) is 2.26. The van der Waals surface area contributed by atoms with Crippen molar-refractivity contribution in [1.82, 2.24) is 0 Å². The second-order valence-corrected chi connectivity index (χ2v) is 5.07. The Hall–Kier alpha value is -2.35. The van der Waals surface area contributed by atoms with E-state index in [1.165, 1.54) is 18.4 Å². The van der Waals surface area contributed by atoms with Crippen LogP contribution in [0.15, 0.2) is 48.5 Å². The highest BCUT2D eigenvalue weighted by Gasteiger charge is 2.05. The molecule has 0 aromatic heterocycles. The van der Waals surface area contributed by atoms with E-state index in [1.807, 2.05) is 36.4 Å². The van der Waals surface area contributed by atoms with Gasteiger partial charge in [0.15, 0.2) is 0 Å². The first kappa shape index (κ1) is 15.0. The molecule has 0 saturated carbocycles. The van der Waals surface area contributed by atoms with Crippen LogP contribution in [0.2, 0.25) is 0 Å². The van der Waals surface area contributed by atoms with Crippen molar-refractivity contribution in [1.29, 1.82) is 0 Å². The van der Waals surface area contributed by atoms with E-state index in [9.17, 15) is 9.90 Å². The highest BCUT2D eigenvalue weighted by atomic mass is 16.4. The van der Waals surface area contributed by atoms with Gasteiger partial charge in [0.1, 0.15) is 0 Å². The fourth-order valence-corrected chi connectivity index (χ4v) is 2.26. The van der Waals surface area contributed by atoms with Crippen molar-refractivity contribution in [2.24, 2.45) is 0 Å². The van der Waals surface area contributed by atoms with Crippen LogP contribution in [0, 0.1) is 0 Å². The molecule has 0 heterocycles. The average molecular weight is 280 g/mol. The van der Waals surface area contributed by atoms with E-state index >= 15 is 0 Å². The Balaban J connectivity index is 2.20. The number of rotatable bonds is 6. The van der Waals surface area contributed by atoms with Gasteiger partial charge < -0.3 is 5.11 Å². The molecule has 0 fully saturated rings. The molecule has 0 aliphatic heterocycles. The van der Waals surface area contributed by atoms with E-state index in [0.717, 1.165) is 17.5 Å². The largest absolute Gasteiger partial charge is 0.478 e. The Bertz CT molecular complexity index is 642. The first-order valence-corrected chi connectivity index (χ1v) is 7.30. The third-order valence-corrected chi connectivity index (χ3v) is 3.42. The van der Waals surface area contributed by atoms with Gasteiger partial charge in [0, 0.05) is 0 Å². The topological polar surface area (TPSA) is 37.3 Å². The van der Waals surface area contributed by atoms with Gasteiger partial charge >= 0.3 is 5.97 Å². The van der Waals surface area contributed by atoms with Gasteiger partial charge in [0.25, 0.3) is 0 Å². The molecule has 2 aromatic carbocycles. The number of aromatic carboxylic acids is 1. The van der Waals surface area contributed by atoms with Crippen molar-refractivity contribution in [2.45, 2.75) is 26.2 Å². The summed E-state index contributed by atoms with van der Waals surface area (Å²) in [5, 5.41) is 9.17. The number of hydrogen-bond acceptors (Lipinski definition) is 1. The normalized spacial score (nSPS) is 10.9. The zero-order chi connectivity index (χ0) is 15.1. The molecule has 108 valence electrons. The van der Waals surface area contributed by atoms with Crippen LogP contribution in [0.1, 0.15) is 46.8 Å². The van der Waals surface area contributed by atoms with Gasteiger partial charge in [-0.3, -0.25) is 0 Å². The molecule has 0 unspecified atom stereocenters. The van der Waals surface area contributed by atoms with Crippen molar-refractivity contribution < 1.29 is 9.90 Å². The van der Waals surface area contributed by atoms with Crippen LogP contribution in [0.5, 0.6) is 0 Å². The third kappa shape index (κ3) is 4.32. The Kier molecular flexibility index (Phi) is 5.33. The summed E-state index contributed by atoms with van der Waals surface area (Å²) in [6.07, 6.45) is 7.30. The SMILES string of the molecule is CCCCc1cccc(/C=C/c2ccccc2C(=O)O)c1. The summed E-state index contributed by atoms with van der Waals surface area (Å²) >= 11 is 0. The van der Waals surface area contributed by atoms with Gasteiger partial charge in [-0.25, -0.2) is 4.79 Å². The van der Waals surface area contributed by atoms with Gasteiger partial charge in [0.2, 0.25) is 0 Å². The Morgan fingerprint density at radius 3 is 2.67 bits per heavy atom. The van der Waals surface area contributed by atoms with Crippen molar-refractivity contribution in [2.75, 3.05) is 0 Å². The highest BCUT2D eigenvalue weighted by molar-refractivity contribution is 5.93. The summed E-state index contributed by atoms with van der Waals surface area (Å²) in [5.41, 5.74) is 3.48. The monoisotopic (exact) mass is 280 g/mol. The van der Waals surface area contributed by atoms with E-state index in [4.69, 9.17) is 0 Å². The zero-order valence-corrected chi connectivity index (χ0v) is 12.3. The maximum absolute atomic E-state index is 11.2. The predicted molar refractivity (Wildman–Crippen MR) is 87.4 cm³/mol. The molecule has 0 aliphatic carbocycles.